The number of halogens is 1. The van der Waals surface area contributed by atoms with Gasteiger partial charge in [0.05, 0.1) is 9.92 Å². The maximum atomic E-state index is 12.5. The van der Waals surface area contributed by atoms with E-state index in [1.165, 1.54) is 12.1 Å². The van der Waals surface area contributed by atoms with E-state index in [2.05, 4.69) is 0 Å². The second-order valence-electron chi connectivity index (χ2n) is 6.68. The molecule has 0 aromatic heterocycles. The summed E-state index contributed by atoms with van der Waals surface area (Å²) >= 11 is 5.93. The number of hydrogen-bond donors (Lipinski definition) is 0. The third kappa shape index (κ3) is 4.74. The standard InChI is InChI=1S/C17H19ClO5S2/c1-17(2,3)12-5-7-13(8-6-12)23-25(21,22)16-11-14(24(4,19)20)9-10-15(16)18/h5-11H,1-4H3. The van der Waals surface area contributed by atoms with Crippen LogP contribution in [0.5, 0.6) is 5.75 Å². The van der Waals surface area contributed by atoms with E-state index in [-0.39, 0.29) is 21.1 Å². The fourth-order valence-corrected chi connectivity index (χ4v) is 4.24. The van der Waals surface area contributed by atoms with Gasteiger partial charge in [0.1, 0.15) is 10.6 Å². The molecule has 2 aromatic carbocycles. The summed E-state index contributed by atoms with van der Waals surface area (Å²) < 4.78 is 53.3. The van der Waals surface area contributed by atoms with Gasteiger partial charge >= 0.3 is 10.1 Å². The first-order valence-corrected chi connectivity index (χ1v) is 11.0. The third-order valence-corrected chi connectivity index (χ3v) is 6.37. The van der Waals surface area contributed by atoms with Crippen molar-refractivity contribution in [1.82, 2.24) is 0 Å². The molecule has 0 fully saturated rings. The molecule has 0 N–H and O–H groups in total. The lowest BCUT2D eigenvalue weighted by Gasteiger charge is -2.19. The van der Waals surface area contributed by atoms with Gasteiger partial charge in [-0.2, -0.15) is 8.42 Å². The van der Waals surface area contributed by atoms with Crippen LogP contribution in [0.15, 0.2) is 52.3 Å². The summed E-state index contributed by atoms with van der Waals surface area (Å²) in [6, 6.07) is 10.1. The maximum absolute atomic E-state index is 12.5. The SMILES string of the molecule is CC(C)(C)c1ccc(OS(=O)(=O)c2cc(S(C)(=O)=O)ccc2Cl)cc1. The van der Waals surface area contributed by atoms with Crippen molar-refractivity contribution in [1.29, 1.82) is 0 Å². The molecule has 5 nitrogen and oxygen atoms in total. The fourth-order valence-electron chi connectivity index (χ4n) is 2.09. The van der Waals surface area contributed by atoms with Crippen molar-refractivity contribution < 1.29 is 21.0 Å². The smallest absolute Gasteiger partial charge is 0.340 e. The van der Waals surface area contributed by atoms with Crippen LogP contribution in [0.1, 0.15) is 26.3 Å². The van der Waals surface area contributed by atoms with Crippen LogP contribution in [0.4, 0.5) is 0 Å². The lowest BCUT2D eigenvalue weighted by Crippen LogP contribution is -2.13. The number of sulfone groups is 1. The van der Waals surface area contributed by atoms with Crippen molar-refractivity contribution in [2.45, 2.75) is 36.0 Å². The Labute approximate surface area is 153 Å². The second-order valence-corrected chi connectivity index (χ2v) is 10.6. The molecule has 0 amide bonds. The topological polar surface area (TPSA) is 77.5 Å². The Morgan fingerprint density at radius 1 is 0.920 bits per heavy atom. The molecule has 2 rings (SSSR count). The molecule has 0 aliphatic heterocycles. The highest BCUT2D eigenvalue weighted by Gasteiger charge is 2.23. The first kappa shape index (κ1) is 19.8. The Kier molecular flexibility index (Phi) is 5.23. The Morgan fingerprint density at radius 3 is 1.96 bits per heavy atom. The molecule has 136 valence electrons. The summed E-state index contributed by atoms with van der Waals surface area (Å²) in [7, 11) is -7.85. The zero-order chi connectivity index (χ0) is 19.0. The van der Waals surface area contributed by atoms with Crippen molar-refractivity contribution in [3.63, 3.8) is 0 Å². The van der Waals surface area contributed by atoms with Gasteiger partial charge in [0.2, 0.25) is 0 Å². The van der Waals surface area contributed by atoms with Crippen molar-refractivity contribution in [3.05, 3.63) is 53.1 Å². The molecule has 0 heterocycles. The molecule has 8 heteroatoms. The lowest BCUT2D eigenvalue weighted by atomic mass is 9.87. The quantitative estimate of drug-likeness (QED) is 0.726. The first-order valence-electron chi connectivity index (χ1n) is 7.35. The molecule has 0 unspecified atom stereocenters. The monoisotopic (exact) mass is 402 g/mol. The van der Waals surface area contributed by atoms with Gasteiger partial charge in [-0.1, -0.05) is 44.5 Å². The van der Waals surface area contributed by atoms with Crippen LogP contribution >= 0.6 is 11.6 Å². The summed E-state index contributed by atoms with van der Waals surface area (Å²) in [6.45, 7) is 6.11. The fraction of sp³-hybridized carbons (Fsp3) is 0.294. The Balaban J connectivity index is 2.40. The number of hydrogen-bond acceptors (Lipinski definition) is 5. The van der Waals surface area contributed by atoms with Gasteiger partial charge in [0.25, 0.3) is 0 Å². The van der Waals surface area contributed by atoms with E-state index in [0.717, 1.165) is 17.9 Å². The molecule has 0 saturated heterocycles. The normalized spacial score (nSPS) is 12.8. The van der Waals surface area contributed by atoms with Crippen molar-refractivity contribution in [3.8, 4) is 5.75 Å². The Hall–Kier alpha value is -1.57. The van der Waals surface area contributed by atoms with Crippen LogP contribution in [0.3, 0.4) is 0 Å². The largest absolute Gasteiger partial charge is 0.379 e. The van der Waals surface area contributed by atoms with Crippen LogP contribution in [0, 0.1) is 0 Å². The van der Waals surface area contributed by atoms with E-state index in [0.29, 0.717) is 0 Å². The van der Waals surface area contributed by atoms with E-state index in [4.69, 9.17) is 15.8 Å². The average Bonchev–Trinajstić information content (AvgIpc) is 2.45. The van der Waals surface area contributed by atoms with E-state index in [9.17, 15) is 16.8 Å². The highest BCUT2D eigenvalue weighted by Crippen LogP contribution is 2.29. The Bertz CT molecular complexity index is 986. The van der Waals surface area contributed by atoms with E-state index in [1.54, 1.807) is 24.3 Å². The molecule has 0 radical (unpaired) electrons. The van der Waals surface area contributed by atoms with Crippen LogP contribution in [0.25, 0.3) is 0 Å². The summed E-state index contributed by atoms with van der Waals surface area (Å²) in [6.07, 6.45) is 0.985. The van der Waals surface area contributed by atoms with Gasteiger partial charge in [-0.3, -0.25) is 0 Å². The Morgan fingerprint density at radius 2 is 1.48 bits per heavy atom. The summed E-state index contributed by atoms with van der Waals surface area (Å²) in [4.78, 5) is -0.542. The van der Waals surface area contributed by atoms with Gasteiger partial charge in [-0.05, 0) is 41.3 Å². The highest BCUT2D eigenvalue weighted by atomic mass is 35.5. The second kappa shape index (κ2) is 6.63. The van der Waals surface area contributed by atoms with Gasteiger partial charge in [0, 0.05) is 6.26 Å². The van der Waals surface area contributed by atoms with Crippen molar-refractivity contribution in [2.24, 2.45) is 0 Å². The predicted molar refractivity (Wildman–Crippen MR) is 97.5 cm³/mol. The van der Waals surface area contributed by atoms with Gasteiger partial charge in [0.15, 0.2) is 9.84 Å². The van der Waals surface area contributed by atoms with Crippen LogP contribution in [-0.4, -0.2) is 23.1 Å². The highest BCUT2D eigenvalue weighted by molar-refractivity contribution is 7.90. The van der Waals surface area contributed by atoms with Crippen LogP contribution in [-0.2, 0) is 25.4 Å². The van der Waals surface area contributed by atoms with Crippen LogP contribution < -0.4 is 4.18 Å². The molecule has 0 spiro atoms. The van der Waals surface area contributed by atoms with E-state index in [1.807, 2.05) is 20.8 Å². The molecular weight excluding hydrogens is 384 g/mol. The minimum Gasteiger partial charge on any atom is -0.379 e. The van der Waals surface area contributed by atoms with Crippen molar-refractivity contribution >= 4 is 31.6 Å². The van der Waals surface area contributed by atoms with Crippen molar-refractivity contribution in [2.75, 3.05) is 6.26 Å². The average molecular weight is 403 g/mol. The lowest BCUT2D eigenvalue weighted by molar-refractivity contribution is 0.485. The van der Waals surface area contributed by atoms with Crippen LogP contribution in [0.2, 0.25) is 5.02 Å². The van der Waals surface area contributed by atoms with Gasteiger partial charge in [-0.25, -0.2) is 8.42 Å². The summed E-state index contributed by atoms with van der Waals surface area (Å²) in [5, 5.41) is -0.112. The molecule has 0 saturated carbocycles. The summed E-state index contributed by atoms with van der Waals surface area (Å²) in [5.74, 6) is 0.119. The molecule has 0 aliphatic rings. The molecule has 2 aromatic rings. The molecular formula is C17H19ClO5S2. The predicted octanol–water partition coefficient (Wildman–Crippen LogP) is 3.81. The molecule has 25 heavy (non-hydrogen) atoms. The molecule has 0 aliphatic carbocycles. The molecule has 0 atom stereocenters. The minimum atomic E-state index is -4.27. The summed E-state index contributed by atoms with van der Waals surface area (Å²) in [5.41, 5.74) is 0.944. The molecule has 0 bridgehead atoms. The van der Waals surface area contributed by atoms with E-state index >= 15 is 0 Å². The minimum absolute atomic E-state index is 0.0788. The maximum Gasteiger partial charge on any atom is 0.340 e. The van der Waals surface area contributed by atoms with E-state index < -0.39 is 24.9 Å². The number of benzene rings is 2. The zero-order valence-electron chi connectivity index (χ0n) is 14.3. The van der Waals surface area contributed by atoms with Gasteiger partial charge < -0.3 is 4.18 Å². The third-order valence-electron chi connectivity index (χ3n) is 3.53. The number of rotatable bonds is 4. The zero-order valence-corrected chi connectivity index (χ0v) is 16.7. The first-order chi connectivity index (χ1) is 11.3. The van der Waals surface area contributed by atoms with Gasteiger partial charge in [-0.15, -0.1) is 0 Å².